The van der Waals surface area contributed by atoms with Gasteiger partial charge in [0.1, 0.15) is 0 Å². The fraction of sp³-hybridized carbons (Fsp3) is 0.409. The highest BCUT2D eigenvalue weighted by Crippen LogP contribution is 2.40. The number of likely N-dealkylation sites (N-methyl/N-ethyl adjacent to an activating group) is 1. The van der Waals surface area contributed by atoms with Crippen molar-refractivity contribution in [2.45, 2.75) is 32.2 Å². The van der Waals surface area contributed by atoms with E-state index in [1.165, 1.54) is 0 Å². The number of benzene rings is 1. The molecular weight excluding hydrogens is 374 g/mol. The molecule has 2 atom stereocenters. The highest BCUT2D eigenvalue weighted by atomic mass is 35.5. The number of rotatable bonds is 6. The number of nitrogens with zero attached hydrogens (tertiary/aromatic N) is 3. The van der Waals surface area contributed by atoms with Gasteiger partial charge in [0.05, 0.1) is 12.0 Å². The average molecular weight is 400 g/mol. The Morgan fingerprint density at radius 1 is 1.25 bits per heavy atom. The predicted molar refractivity (Wildman–Crippen MR) is 110 cm³/mol. The number of aromatic nitrogens is 1. The van der Waals surface area contributed by atoms with Gasteiger partial charge in [0.15, 0.2) is 0 Å². The van der Waals surface area contributed by atoms with Gasteiger partial charge in [-0.3, -0.25) is 14.6 Å². The zero-order valence-corrected chi connectivity index (χ0v) is 17.1. The van der Waals surface area contributed by atoms with Crippen LogP contribution in [0, 0.1) is 5.92 Å². The number of pyridine rings is 1. The minimum absolute atomic E-state index is 0.0480. The summed E-state index contributed by atoms with van der Waals surface area (Å²) in [4.78, 5) is 33.7. The lowest BCUT2D eigenvalue weighted by Crippen LogP contribution is -2.48. The number of hydrogen-bond donors (Lipinski definition) is 0. The summed E-state index contributed by atoms with van der Waals surface area (Å²) in [6.07, 6.45) is 3.39. The highest BCUT2D eigenvalue weighted by Gasteiger charge is 2.41. The van der Waals surface area contributed by atoms with E-state index >= 15 is 0 Å². The Balaban J connectivity index is 1.81. The van der Waals surface area contributed by atoms with Crippen LogP contribution in [0.3, 0.4) is 0 Å². The molecule has 1 aromatic heterocycles. The third-order valence-electron chi connectivity index (χ3n) is 5.39. The number of hydrogen-bond acceptors (Lipinski definition) is 3. The first-order chi connectivity index (χ1) is 13.5. The van der Waals surface area contributed by atoms with Crippen molar-refractivity contribution in [3.05, 3.63) is 64.9 Å². The van der Waals surface area contributed by atoms with Gasteiger partial charge in [-0.05, 0) is 37.1 Å². The van der Waals surface area contributed by atoms with Crippen LogP contribution in [0.1, 0.15) is 37.1 Å². The van der Waals surface area contributed by atoms with Gasteiger partial charge in [-0.15, -0.1) is 0 Å². The van der Waals surface area contributed by atoms with E-state index in [1.807, 2.05) is 56.4 Å². The normalized spacial score (nSPS) is 19.5. The van der Waals surface area contributed by atoms with E-state index < -0.39 is 0 Å². The summed E-state index contributed by atoms with van der Waals surface area (Å²) in [7, 11) is 1.82. The molecule has 2 heterocycles. The van der Waals surface area contributed by atoms with Crippen molar-refractivity contribution in [1.29, 1.82) is 0 Å². The molecule has 1 aromatic carbocycles. The molecule has 6 heteroatoms. The maximum atomic E-state index is 13.3. The number of halogens is 1. The Labute approximate surface area is 171 Å². The van der Waals surface area contributed by atoms with Crippen LogP contribution in [0.5, 0.6) is 0 Å². The lowest BCUT2D eigenvalue weighted by Gasteiger charge is -2.41. The molecule has 1 aliphatic heterocycles. The maximum Gasteiger partial charge on any atom is 0.227 e. The summed E-state index contributed by atoms with van der Waals surface area (Å²) >= 11 is 6.45. The van der Waals surface area contributed by atoms with Crippen LogP contribution in [0.25, 0.3) is 0 Å². The molecule has 2 aromatic rings. The lowest BCUT2D eigenvalue weighted by molar-refractivity contribution is -0.147. The van der Waals surface area contributed by atoms with Gasteiger partial charge in [-0.25, -0.2) is 0 Å². The van der Waals surface area contributed by atoms with E-state index in [1.54, 1.807) is 16.0 Å². The van der Waals surface area contributed by atoms with Crippen LogP contribution < -0.4 is 0 Å². The van der Waals surface area contributed by atoms with Crippen molar-refractivity contribution >= 4 is 23.4 Å². The van der Waals surface area contributed by atoms with Gasteiger partial charge < -0.3 is 9.80 Å². The summed E-state index contributed by atoms with van der Waals surface area (Å²) in [5, 5.41) is 0.592. The quantitative estimate of drug-likeness (QED) is 0.743. The zero-order valence-electron chi connectivity index (χ0n) is 16.3. The van der Waals surface area contributed by atoms with Gasteiger partial charge in [-0.2, -0.15) is 0 Å². The minimum Gasteiger partial charge on any atom is -0.345 e. The minimum atomic E-state index is -0.329. The third kappa shape index (κ3) is 4.36. The summed E-state index contributed by atoms with van der Waals surface area (Å²) in [5.41, 5.74) is 1.80. The Morgan fingerprint density at radius 2 is 2.00 bits per heavy atom. The topological polar surface area (TPSA) is 53.5 Å². The molecule has 1 aliphatic rings. The maximum absolute atomic E-state index is 13.3. The Kier molecular flexibility index (Phi) is 6.68. The summed E-state index contributed by atoms with van der Waals surface area (Å²) in [6.45, 7) is 3.08. The largest absolute Gasteiger partial charge is 0.345 e. The standard InChI is InChI=1S/C22H26ClN3O2/c1-3-26-20(27)12-11-18(21(26)17-9-4-5-10-19(17)23)22(28)25(2)15-13-16-8-6-7-14-24-16/h4-10,14,18,21H,3,11-13,15H2,1-2H3/t18-,21+/m1/s1. The fourth-order valence-corrected chi connectivity index (χ4v) is 4.15. The van der Waals surface area contributed by atoms with E-state index in [0.717, 1.165) is 11.3 Å². The van der Waals surface area contributed by atoms with Gasteiger partial charge in [0.25, 0.3) is 0 Å². The van der Waals surface area contributed by atoms with Gasteiger partial charge in [0.2, 0.25) is 11.8 Å². The van der Waals surface area contributed by atoms with Crippen LogP contribution >= 0.6 is 11.6 Å². The summed E-state index contributed by atoms with van der Waals surface area (Å²) in [5.74, 6) is -0.175. The first kappa shape index (κ1) is 20.3. The van der Waals surface area contributed by atoms with E-state index in [0.29, 0.717) is 37.4 Å². The van der Waals surface area contributed by atoms with Gasteiger partial charge in [0, 0.05) is 49.9 Å². The first-order valence-electron chi connectivity index (χ1n) is 9.71. The smallest absolute Gasteiger partial charge is 0.227 e. The zero-order chi connectivity index (χ0) is 20.1. The lowest BCUT2D eigenvalue weighted by atomic mass is 9.83. The van der Waals surface area contributed by atoms with Crippen molar-refractivity contribution in [3.63, 3.8) is 0 Å². The Hall–Kier alpha value is -2.40. The number of likely N-dealkylation sites (tertiary alicyclic amines) is 1. The molecule has 0 bridgehead atoms. The second-order valence-electron chi connectivity index (χ2n) is 7.12. The molecule has 0 N–H and O–H groups in total. The third-order valence-corrected chi connectivity index (χ3v) is 5.74. The van der Waals surface area contributed by atoms with Crippen LogP contribution in [0.4, 0.5) is 0 Å². The number of piperidine rings is 1. The predicted octanol–water partition coefficient (Wildman–Crippen LogP) is 3.74. The van der Waals surface area contributed by atoms with Crippen LogP contribution in [-0.2, 0) is 16.0 Å². The molecule has 0 unspecified atom stereocenters. The van der Waals surface area contributed by atoms with E-state index in [9.17, 15) is 9.59 Å². The fourth-order valence-electron chi connectivity index (χ4n) is 3.91. The molecule has 148 valence electrons. The Morgan fingerprint density at radius 3 is 2.68 bits per heavy atom. The van der Waals surface area contributed by atoms with E-state index in [-0.39, 0.29) is 23.8 Å². The molecule has 2 amide bonds. The summed E-state index contributed by atoms with van der Waals surface area (Å²) in [6, 6.07) is 13.0. The van der Waals surface area contributed by atoms with Crippen molar-refractivity contribution < 1.29 is 9.59 Å². The van der Waals surface area contributed by atoms with Crippen LogP contribution in [0.15, 0.2) is 48.7 Å². The summed E-state index contributed by atoms with van der Waals surface area (Å²) < 4.78 is 0. The molecule has 0 aliphatic carbocycles. The van der Waals surface area contributed by atoms with Gasteiger partial charge in [-0.1, -0.05) is 35.9 Å². The molecule has 0 saturated carbocycles. The number of carbonyl (C=O) groups is 2. The second-order valence-corrected chi connectivity index (χ2v) is 7.53. The number of carbonyl (C=O) groups excluding carboxylic acids is 2. The van der Waals surface area contributed by atoms with Gasteiger partial charge >= 0.3 is 0 Å². The molecule has 0 spiro atoms. The SMILES string of the molecule is CCN1C(=O)CC[C@@H](C(=O)N(C)CCc2ccccn2)[C@@H]1c1ccccc1Cl. The molecular formula is C22H26ClN3O2. The molecule has 0 radical (unpaired) electrons. The molecule has 5 nitrogen and oxygen atoms in total. The second kappa shape index (κ2) is 9.20. The van der Waals surface area contributed by atoms with E-state index in [4.69, 9.17) is 11.6 Å². The molecule has 28 heavy (non-hydrogen) atoms. The van der Waals surface area contributed by atoms with Crippen molar-refractivity contribution in [1.82, 2.24) is 14.8 Å². The van der Waals surface area contributed by atoms with Crippen LogP contribution in [0.2, 0.25) is 5.02 Å². The van der Waals surface area contributed by atoms with Crippen molar-refractivity contribution in [2.24, 2.45) is 5.92 Å². The Bertz CT molecular complexity index is 828. The molecule has 3 rings (SSSR count). The first-order valence-corrected chi connectivity index (χ1v) is 10.1. The van der Waals surface area contributed by atoms with E-state index in [2.05, 4.69) is 4.98 Å². The molecule has 1 fully saturated rings. The number of amides is 2. The highest BCUT2D eigenvalue weighted by molar-refractivity contribution is 6.31. The molecule has 1 saturated heterocycles. The average Bonchev–Trinajstić information content (AvgIpc) is 2.72. The van der Waals surface area contributed by atoms with Crippen molar-refractivity contribution in [2.75, 3.05) is 20.1 Å². The van der Waals surface area contributed by atoms with Crippen LogP contribution in [-0.4, -0.2) is 46.7 Å². The van der Waals surface area contributed by atoms with Crippen molar-refractivity contribution in [3.8, 4) is 0 Å². The monoisotopic (exact) mass is 399 g/mol.